The zero-order valence-electron chi connectivity index (χ0n) is 12.7. The van der Waals surface area contributed by atoms with E-state index >= 15 is 0 Å². The van der Waals surface area contributed by atoms with Crippen LogP contribution in [0.25, 0.3) is 27.6 Å². The van der Waals surface area contributed by atoms with Gasteiger partial charge in [0.15, 0.2) is 0 Å². The maximum absolute atomic E-state index is 4.68. The van der Waals surface area contributed by atoms with Crippen LogP contribution in [0.5, 0.6) is 0 Å². The van der Waals surface area contributed by atoms with Gasteiger partial charge in [0, 0.05) is 23.2 Å². The summed E-state index contributed by atoms with van der Waals surface area (Å²) >= 11 is 0. The molecule has 22 heavy (non-hydrogen) atoms. The Labute approximate surface area is 129 Å². The number of fused-ring (bicyclic) bond motifs is 3. The van der Waals surface area contributed by atoms with Gasteiger partial charge < -0.3 is 0 Å². The molecular weight excluding hydrogens is 270 g/mol. The van der Waals surface area contributed by atoms with Gasteiger partial charge in [0.25, 0.3) is 0 Å². The van der Waals surface area contributed by atoms with Gasteiger partial charge in [-0.1, -0.05) is 38.1 Å². The summed E-state index contributed by atoms with van der Waals surface area (Å²) in [5, 5.41) is 2.44. The van der Waals surface area contributed by atoms with Crippen molar-refractivity contribution in [2.75, 3.05) is 0 Å². The van der Waals surface area contributed by atoms with Gasteiger partial charge in [0.1, 0.15) is 5.82 Å². The number of hydrogen-bond acceptors (Lipinski definition) is 2. The maximum atomic E-state index is 4.68. The molecule has 3 nitrogen and oxygen atoms in total. The molecule has 0 saturated heterocycles. The van der Waals surface area contributed by atoms with Crippen molar-refractivity contribution in [2.45, 2.75) is 19.8 Å². The fourth-order valence-electron chi connectivity index (χ4n) is 2.94. The molecule has 0 atom stereocenters. The van der Waals surface area contributed by atoms with Crippen LogP contribution in [-0.2, 0) is 0 Å². The molecule has 0 N–H and O–H groups in total. The van der Waals surface area contributed by atoms with E-state index in [0.29, 0.717) is 5.92 Å². The minimum atomic E-state index is 0.487. The second-order valence-corrected chi connectivity index (χ2v) is 5.85. The lowest BCUT2D eigenvalue weighted by Gasteiger charge is -2.09. The Kier molecular flexibility index (Phi) is 2.93. The third-order valence-electron chi connectivity index (χ3n) is 4.14. The first kappa shape index (κ1) is 13.0. The molecule has 0 aliphatic rings. The van der Waals surface area contributed by atoms with Crippen molar-refractivity contribution in [1.29, 1.82) is 0 Å². The van der Waals surface area contributed by atoms with Crippen LogP contribution in [-0.4, -0.2) is 14.5 Å². The Morgan fingerprint density at radius 3 is 2.45 bits per heavy atom. The highest BCUT2D eigenvalue weighted by atomic mass is 15.1. The molecule has 0 radical (unpaired) electrons. The van der Waals surface area contributed by atoms with E-state index in [2.05, 4.69) is 70.8 Å². The lowest BCUT2D eigenvalue weighted by molar-refractivity contribution is 0.854. The Morgan fingerprint density at radius 1 is 0.864 bits per heavy atom. The summed E-state index contributed by atoms with van der Waals surface area (Å²) in [5.74, 6) is 1.42. The third kappa shape index (κ3) is 1.90. The molecule has 3 heterocycles. The first-order valence-electron chi connectivity index (χ1n) is 7.55. The van der Waals surface area contributed by atoms with Crippen LogP contribution in [0.15, 0.2) is 61.1 Å². The molecule has 0 bridgehead atoms. The average molecular weight is 287 g/mol. The van der Waals surface area contributed by atoms with Gasteiger partial charge in [-0.25, -0.2) is 4.98 Å². The molecule has 0 aliphatic carbocycles. The molecule has 4 aromatic rings. The number of nitrogens with zero attached hydrogens (tertiary/aromatic N) is 3. The first-order chi connectivity index (χ1) is 10.8. The zero-order valence-corrected chi connectivity index (χ0v) is 12.7. The number of hydrogen-bond donors (Lipinski definition) is 0. The van der Waals surface area contributed by atoms with E-state index in [1.165, 1.54) is 16.3 Å². The fourth-order valence-corrected chi connectivity index (χ4v) is 2.94. The predicted octanol–water partition coefficient (Wildman–Crippen LogP) is 4.70. The lowest BCUT2D eigenvalue weighted by atomic mass is 10.1. The average Bonchev–Trinajstić information content (AvgIpc) is 2.89. The number of aromatic nitrogens is 3. The van der Waals surface area contributed by atoms with Crippen LogP contribution < -0.4 is 0 Å². The van der Waals surface area contributed by atoms with Crippen molar-refractivity contribution in [3.63, 3.8) is 0 Å². The van der Waals surface area contributed by atoms with Crippen LogP contribution in [0.3, 0.4) is 0 Å². The van der Waals surface area contributed by atoms with Gasteiger partial charge in [-0.05, 0) is 29.7 Å². The summed E-state index contributed by atoms with van der Waals surface area (Å²) in [6.07, 6.45) is 5.72. The number of para-hydroxylation sites is 1. The van der Waals surface area contributed by atoms with Crippen LogP contribution in [0.4, 0.5) is 0 Å². The van der Waals surface area contributed by atoms with Crippen molar-refractivity contribution in [2.24, 2.45) is 0 Å². The molecule has 0 amide bonds. The minimum absolute atomic E-state index is 0.487. The monoisotopic (exact) mass is 287 g/mol. The van der Waals surface area contributed by atoms with E-state index in [1.807, 2.05) is 18.6 Å². The fraction of sp³-hybridized carbons (Fsp3) is 0.158. The molecule has 3 heteroatoms. The maximum Gasteiger partial charge on any atom is 0.137 e. The molecule has 3 aromatic heterocycles. The Morgan fingerprint density at radius 2 is 1.68 bits per heavy atom. The molecular formula is C19H17N3. The number of benzene rings is 1. The van der Waals surface area contributed by atoms with Crippen molar-refractivity contribution < 1.29 is 0 Å². The summed E-state index contributed by atoms with van der Waals surface area (Å²) in [5.41, 5.74) is 3.51. The normalized spacial score (nSPS) is 11.6. The highest BCUT2D eigenvalue weighted by Crippen LogP contribution is 2.30. The molecule has 1 aromatic carbocycles. The smallest absolute Gasteiger partial charge is 0.137 e. The van der Waals surface area contributed by atoms with Crippen LogP contribution in [0.2, 0.25) is 0 Å². The zero-order chi connectivity index (χ0) is 15.1. The standard InChI is InChI=1S/C19H17N3/c1-13(2)14-7-8-19(21-11-14)22-17-6-4-3-5-15(17)16-9-10-20-12-18(16)22/h3-13H,1-2H3. The van der Waals surface area contributed by atoms with E-state index in [-0.39, 0.29) is 0 Å². The third-order valence-corrected chi connectivity index (χ3v) is 4.14. The second-order valence-electron chi connectivity index (χ2n) is 5.85. The highest BCUT2D eigenvalue weighted by Gasteiger charge is 2.12. The Hall–Kier alpha value is -2.68. The van der Waals surface area contributed by atoms with Gasteiger partial charge in [-0.15, -0.1) is 0 Å². The quantitative estimate of drug-likeness (QED) is 0.535. The first-order valence-corrected chi connectivity index (χ1v) is 7.55. The Balaban J connectivity index is 2.04. The van der Waals surface area contributed by atoms with Crippen molar-refractivity contribution in [1.82, 2.24) is 14.5 Å². The van der Waals surface area contributed by atoms with Gasteiger partial charge in [0.05, 0.1) is 17.2 Å². The molecule has 0 unspecified atom stereocenters. The van der Waals surface area contributed by atoms with Gasteiger partial charge in [-0.2, -0.15) is 0 Å². The Bertz CT molecular complexity index is 896. The van der Waals surface area contributed by atoms with E-state index in [4.69, 9.17) is 0 Å². The summed E-state index contributed by atoms with van der Waals surface area (Å²) in [4.78, 5) is 8.97. The van der Waals surface area contributed by atoms with Gasteiger partial charge >= 0.3 is 0 Å². The topological polar surface area (TPSA) is 30.7 Å². The molecule has 4 rings (SSSR count). The van der Waals surface area contributed by atoms with E-state index in [0.717, 1.165) is 16.9 Å². The summed E-state index contributed by atoms with van der Waals surface area (Å²) in [6, 6.07) is 14.7. The molecule has 108 valence electrons. The van der Waals surface area contributed by atoms with Gasteiger partial charge in [0.2, 0.25) is 0 Å². The number of pyridine rings is 2. The second kappa shape index (κ2) is 4.95. The van der Waals surface area contributed by atoms with Crippen molar-refractivity contribution in [3.8, 4) is 5.82 Å². The van der Waals surface area contributed by atoms with Crippen LogP contribution in [0, 0.1) is 0 Å². The van der Waals surface area contributed by atoms with Crippen LogP contribution >= 0.6 is 0 Å². The van der Waals surface area contributed by atoms with E-state index in [9.17, 15) is 0 Å². The molecule has 0 fully saturated rings. The summed E-state index contributed by atoms with van der Waals surface area (Å²) in [6.45, 7) is 4.36. The van der Waals surface area contributed by atoms with Crippen molar-refractivity contribution in [3.05, 3.63) is 66.6 Å². The lowest BCUT2D eigenvalue weighted by Crippen LogP contribution is -1.98. The minimum Gasteiger partial charge on any atom is -0.292 e. The van der Waals surface area contributed by atoms with E-state index in [1.54, 1.807) is 0 Å². The van der Waals surface area contributed by atoms with Crippen LogP contribution in [0.1, 0.15) is 25.3 Å². The van der Waals surface area contributed by atoms with E-state index < -0.39 is 0 Å². The van der Waals surface area contributed by atoms with Gasteiger partial charge in [-0.3, -0.25) is 9.55 Å². The predicted molar refractivity (Wildman–Crippen MR) is 90.5 cm³/mol. The summed E-state index contributed by atoms with van der Waals surface area (Å²) < 4.78 is 2.18. The molecule has 0 aliphatic heterocycles. The number of rotatable bonds is 2. The molecule has 0 saturated carbocycles. The van der Waals surface area contributed by atoms with Crippen molar-refractivity contribution >= 4 is 21.8 Å². The highest BCUT2D eigenvalue weighted by molar-refractivity contribution is 6.08. The largest absolute Gasteiger partial charge is 0.292 e. The SMILES string of the molecule is CC(C)c1ccc(-n2c3ccccc3c3ccncc32)nc1. The molecule has 0 spiro atoms. The summed E-state index contributed by atoms with van der Waals surface area (Å²) in [7, 11) is 0.